The number of benzene rings is 1. The van der Waals surface area contributed by atoms with E-state index in [1.165, 1.54) is 0 Å². The second-order valence-corrected chi connectivity index (χ2v) is 3.71. The SMILES string of the molecule is CCOCCOc1ccc(Br)cc1C#N. The number of nitriles is 1. The van der Waals surface area contributed by atoms with Crippen LogP contribution in [0.5, 0.6) is 5.75 Å². The lowest BCUT2D eigenvalue weighted by molar-refractivity contribution is 0.110. The van der Waals surface area contributed by atoms with Crippen LogP contribution in [-0.2, 0) is 4.74 Å². The predicted octanol–water partition coefficient (Wildman–Crippen LogP) is 2.74. The average molecular weight is 270 g/mol. The summed E-state index contributed by atoms with van der Waals surface area (Å²) in [7, 11) is 0. The molecule has 0 amide bonds. The van der Waals surface area contributed by atoms with E-state index in [4.69, 9.17) is 14.7 Å². The summed E-state index contributed by atoms with van der Waals surface area (Å²) >= 11 is 3.30. The van der Waals surface area contributed by atoms with Gasteiger partial charge in [0.15, 0.2) is 0 Å². The minimum Gasteiger partial charge on any atom is -0.490 e. The Labute approximate surface area is 97.7 Å². The van der Waals surface area contributed by atoms with E-state index >= 15 is 0 Å². The molecule has 15 heavy (non-hydrogen) atoms. The average Bonchev–Trinajstić information content (AvgIpc) is 2.26. The van der Waals surface area contributed by atoms with Gasteiger partial charge in [-0.1, -0.05) is 15.9 Å². The van der Waals surface area contributed by atoms with Crippen LogP contribution >= 0.6 is 15.9 Å². The molecule has 0 aromatic heterocycles. The van der Waals surface area contributed by atoms with Crippen LogP contribution in [0, 0.1) is 11.3 Å². The maximum absolute atomic E-state index is 8.86. The zero-order chi connectivity index (χ0) is 11.1. The van der Waals surface area contributed by atoms with Crippen molar-refractivity contribution in [3.63, 3.8) is 0 Å². The fraction of sp³-hybridized carbons (Fsp3) is 0.364. The van der Waals surface area contributed by atoms with E-state index in [-0.39, 0.29) is 0 Å². The third-order valence-corrected chi connectivity index (χ3v) is 2.24. The van der Waals surface area contributed by atoms with E-state index in [1.54, 1.807) is 12.1 Å². The Morgan fingerprint density at radius 3 is 2.87 bits per heavy atom. The molecular weight excluding hydrogens is 258 g/mol. The number of hydrogen-bond acceptors (Lipinski definition) is 3. The van der Waals surface area contributed by atoms with Crippen LogP contribution in [0.1, 0.15) is 12.5 Å². The molecule has 0 saturated heterocycles. The van der Waals surface area contributed by atoms with E-state index in [0.717, 1.165) is 4.47 Å². The van der Waals surface area contributed by atoms with Gasteiger partial charge in [0.05, 0.1) is 12.2 Å². The lowest BCUT2D eigenvalue weighted by Gasteiger charge is -2.07. The van der Waals surface area contributed by atoms with Crippen LogP contribution in [-0.4, -0.2) is 19.8 Å². The smallest absolute Gasteiger partial charge is 0.137 e. The van der Waals surface area contributed by atoms with Crippen LogP contribution in [0.2, 0.25) is 0 Å². The quantitative estimate of drug-likeness (QED) is 0.772. The lowest BCUT2D eigenvalue weighted by atomic mass is 10.2. The Morgan fingerprint density at radius 2 is 2.20 bits per heavy atom. The highest BCUT2D eigenvalue weighted by Gasteiger charge is 2.03. The van der Waals surface area contributed by atoms with Gasteiger partial charge in [0.2, 0.25) is 0 Å². The van der Waals surface area contributed by atoms with E-state index in [0.29, 0.717) is 31.1 Å². The van der Waals surface area contributed by atoms with Crippen molar-refractivity contribution >= 4 is 15.9 Å². The van der Waals surface area contributed by atoms with Gasteiger partial charge < -0.3 is 9.47 Å². The fourth-order valence-corrected chi connectivity index (χ4v) is 1.43. The standard InChI is InChI=1S/C11H12BrNO2/c1-2-14-5-6-15-11-4-3-10(12)7-9(11)8-13/h3-4,7H,2,5-6H2,1H3. The molecule has 0 saturated carbocycles. The van der Waals surface area contributed by atoms with Gasteiger partial charge >= 0.3 is 0 Å². The molecule has 0 N–H and O–H groups in total. The summed E-state index contributed by atoms with van der Waals surface area (Å²) in [5, 5.41) is 8.86. The second kappa shape index (κ2) is 6.44. The molecule has 0 atom stereocenters. The molecule has 1 aromatic rings. The van der Waals surface area contributed by atoms with Crippen LogP contribution in [0.25, 0.3) is 0 Å². The van der Waals surface area contributed by atoms with Gasteiger partial charge in [-0.2, -0.15) is 5.26 Å². The summed E-state index contributed by atoms with van der Waals surface area (Å²) in [6, 6.07) is 7.43. The third-order valence-electron chi connectivity index (χ3n) is 1.75. The normalized spacial score (nSPS) is 9.67. The number of halogens is 1. The van der Waals surface area contributed by atoms with Crippen LogP contribution in [0.4, 0.5) is 0 Å². The Morgan fingerprint density at radius 1 is 1.40 bits per heavy atom. The Kier molecular flexibility index (Phi) is 5.16. The predicted molar refractivity (Wildman–Crippen MR) is 60.8 cm³/mol. The first-order valence-electron chi connectivity index (χ1n) is 4.68. The Balaban J connectivity index is 2.57. The number of rotatable bonds is 5. The zero-order valence-electron chi connectivity index (χ0n) is 8.50. The van der Waals surface area contributed by atoms with Crippen LogP contribution < -0.4 is 4.74 Å². The monoisotopic (exact) mass is 269 g/mol. The van der Waals surface area contributed by atoms with Crippen molar-refractivity contribution in [2.75, 3.05) is 19.8 Å². The molecule has 80 valence electrons. The van der Waals surface area contributed by atoms with Crippen molar-refractivity contribution in [1.29, 1.82) is 5.26 Å². The van der Waals surface area contributed by atoms with Crippen molar-refractivity contribution in [2.45, 2.75) is 6.92 Å². The lowest BCUT2D eigenvalue weighted by Crippen LogP contribution is -2.07. The summed E-state index contributed by atoms with van der Waals surface area (Å²) in [5.41, 5.74) is 0.529. The largest absolute Gasteiger partial charge is 0.490 e. The van der Waals surface area contributed by atoms with Gasteiger partial charge in [0.25, 0.3) is 0 Å². The molecule has 0 heterocycles. The highest BCUT2D eigenvalue weighted by Crippen LogP contribution is 2.22. The molecule has 0 aliphatic rings. The first-order chi connectivity index (χ1) is 7.27. The van der Waals surface area contributed by atoms with E-state index < -0.39 is 0 Å². The van der Waals surface area contributed by atoms with Crippen molar-refractivity contribution in [3.8, 4) is 11.8 Å². The maximum atomic E-state index is 8.86. The first kappa shape index (κ1) is 12.0. The number of ether oxygens (including phenoxy) is 2. The first-order valence-corrected chi connectivity index (χ1v) is 5.47. The molecule has 0 bridgehead atoms. The highest BCUT2D eigenvalue weighted by atomic mass is 79.9. The van der Waals surface area contributed by atoms with Gasteiger partial charge in [-0.25, -0.2) is 0 Å². The van der Waals surface area contributed by atoms with Gasteiger partial charge in [-0.05, 0) is 25.1 Å². The van der Waals surface area contributed by atoms with Crippen LogP contribution in [0.3, 0.4) is 0 Å². The van der Waals surface area contributed by atoms with Gasteiger partial charge in [0.1, 0.15) is 18.4 Å². The van der Waals surface area contributed by atoms with Crippen molar-refractivity contribution in [2.24, 2.45) is 0 Å². The Hall–Kier alpha value is -1.05. The van der Waals surface area contributed by atoms with Crippen molar-refractivity contribution < 1.29 is 9.47 Å². The topological polar surface area (TPSA) is 42.2 Å². The molecule has 0 fully saturated rings. The summed E-state index contributed by atoms with van der Waals surface area (Å²) in [6.45, 7) is 3.61. The summed E-state index contributed by atoms with van der Waals surface area (Å²) in [5.74, 6) is 0.598. The molecular formula is C11H12BrNO2. The molecule has 0 aliphatic carbocycles. The second-order valence-electron chi connectivity index (χ2n) is 2.80. The molecule has 1 aromatic carbocycles. The maximum Gasteiger partial charge on any atom is 0.137 e. The van der Waals surface area contributed by atoms with Crippen molar-refractivity contribution in [3.05, 3.63) is 28.2 Å². The fourth-order valence-electron chi connectivity index (χ4n) is 1.07. The molecule has 0 radical (unpaired) electrons. The van der Waals surface area contributed by atoms with Crippen LogP contribution in [0.15, 0.2) is 22.7 Å². The summed E-state index contributed by atoms with van der Waals surface area (Å²) in [4.78, 5) is 0. The molecule has 4 heteroatoms. The summed E-state index contributed by atoms with van der Waals surface area (Å²) < 4.78 is 11.4. The molecule has 0 aliphatic heterocycles. The van der Waals surface area contributed by atoms with Gasteiger partial charge in [0, 0.05) is 11.1 Å². The minimum absolute atomic E-state index is 0.462. The van der Waals surface area contributed by atoms with E-state index in [9.17, 15) is 0 Å². The van der Waals surface area contributed by atoms with E-state index in [1.807, 2.05) is 13.0 Å². The molecule has 0 unspecified atom stereocenters. The van der Waals surface area contributed by atoms with Gasteiger partial charge in [-0.15, -0.1) is 0 Å². The van der Waals surface area contributed by atoms with Crippen molar-refractivity contribution in [1.82, 2.24) is 0 Å². The minimum atomic E-state index is 0.462. The number of hydrogen-bond donors (Lipinski definition) is 0. The van der Waals surface area contributed by atoms with E-state index in [2.05, 4.69) is 22.0 Å². The molecule has 1 rings (SSSR count). The third kappa shape index (κ3) is 3.90. The zero-order valence-corrected chi connectivity index (χ0v) is 10.1. The summed E-state index contributed by atoms with van der Waals surface area (Å²) in [6.07, 6.45) is 0. The van der Waals surface area contributed by atoms with Gasteiger partial charge in [-0.3, -0.25) is 0 Å². The molecule has 0 spiro atoms. The highest BCUT2D eigenvalue weighted by molar-refractivity contribution is 9.10. The number of nitrogens with zero attached hydrogens (tertiary/aromatic N) is 1. The Bertz CT molecular complexity index is 360. The molecule has 3 nitrogen and oxygen atoms in total.